The van der Waals surface area contributed by atoms with E-state index in [0.717, 1.165) is 37.8 Å². The molecule has 1 aliphatic heterocycles. The predicted octanol–water partition coefficient (Wildman–Crippen LogP) is 9.79. The number of hydrogen-bond acceptors (Lipinski definition) is 2. The van der Waals surface area contributed by atoms with E-state index in [-0.39, 0.29) is 0 Å². The van der Waals surface area contributed by atoms with Gasteiger partial charge in [0.05, 0.1) is 5.69 Å². The summed E-state index contributed by atoms with van der Waals surface area (Å²) in [6.07, 6.45) is 40.1. The van der Waals surface area contributed by atoms with Gasteiger partial charge in [0.15, 0.2) is 0 Å². The van der Waals surface area contributed by atoms with Crippen molar-refractivity contribution in [1.29, 1.82) is 0 Å². The van der Waals surface area contributed by atoms with Gasteiger partial charge in [0.25, 0.3) is 0 Å². The maximum absolute atomic E-state index is 4.95. The third kappa shape index (κ3) is 6.08. The van der Waals surface area contributed by atoms with Crippen LogP contribution < -0.4 is 0 Å². The lowest BCUT2D eigenvalue weighted by molar-refractivity contribution is 0.712. The van der Waals surface area contributed by atoms with Gasteiger partial charge in [-0.15, -0.1) is 11.8 Å². The van der Waals surface area contributed by atoms with E-state index in [2.05, 4.69) is 109 Å². The number of allylic oxidation sites excluding steroid dienone is 17. The van der Waals surface area contributed by atoms with Gasteiger partial charge in [0, 0.05) is 22.8 Å². The normalized spacial score (nSPS) is 27.8. The van der Waals surface area contributed by atoms with Crippen molar-refractivity contribution in [2.45, 2.75) is 50.2 Å². The van der Waals surface area contributed by atoms with Gasteiger partial charge in [-0.05, 0) is 90.3 Å². The Labute approximate surface area is 226 Å². The van der Waals surface area contributed by atoms with E-state index in [1.54, 1.807) is 0 Å². The average Bonchev–Trinajstić information content (AvgIpc) is 3.39. The van der Waals surface area contributed by atoms with E-state index >= 15 is 0 Å². The topological polar surface area (TPSA) is 12.4 Å². The molecule has 1 nitrogen and oxygen atoms in total. The molecule has 0 amide bonds. The molecule has 0 radical (unpaired) electrons. The van der Waals surface area contributed by atoms with Gasteiger partial charge in [-0.25, -0.2) is 0 Å². The van der Waals surface area contributed by atoms with Crippen LogP contribution in [0.1, 0.15) is 50.5 Å². The lowest BCUT2D eigenvalue weighted by Gasteiger charge is -2.19. The maximum atomic E-state index is 4.95. The predicted molar refractivity (Wildman–Crippen MR) is 162 cm³/mol. The lowest BCUT2D eigenvalue weighted by Crippen LogP contribution is -2.09. The Kier molecular flexibility index (Phi) is 7.55. The SMILES string of the molecule is C1=CC2C=C(C3C=CC(=Nc4ccc(C5=CC=C(/C=C/CC6=CCCC=C6)CC5)cc4)CC3)SC2C=C1. The van der Waals surface area contributed by atoms with Crippen molar-refractivity contribution in [2.24, 2.45) is 16.8 Å². The van der Waals surface area contributed by atoms with Crippen LogP contribution in [0.25, 0.3) is 5.57 Å². The summed E-state index contributed by atoms with van der Waals surface area (Å²) in [4.78, 5) is 6.49. The smallest absolute Gasteiger partial charge is 0.0633 e. The number of fused-ring (bicyclic) bond motifs is 1. The van der Waals surface area contributed by atoms with Crippen molar-refractivity contribution in [3.8, 4) is 0 Å². The number of nitrogens with zero attached hydrogens (tertiary/aromatic N) is 1. The molecule has 6 rings (SSSR count). The molecule has 4 aliphatic carbocycles. The van der Waals surface area contributed by atoms with Gasteiger partial charge in [-0.2, -0.15) is 0 Å². The van der Waals surface area contributed by atoms with Gasteiger partial charge in [0.2, 0.25) is 0 Å². The summed E-state index contributed by atoms with van der Waals surface area (Å²) < 4.78 is 0. The zero-order valence-electron chi connectivity index (χ0n) is 21.4. The molecule has 0 saturated carbocycles. The summed E-state index contributed by atoms with van der Waals surface area (Å²) in [5, 5.41) is 0.599. The first kappa shape index (κ1) is 24.2. The number of hydrogen-bond donors (Lipinski definition) is 0. The van der Waals surface area contributed by atoms with Crippen molar-refractivity contribution in [1.82, 2.24) is 0 Å². The van der Waals surface area contributed by atoms with Crippen LogP contribution in [0, 0.1) is 11.8 Å². The van der Waals surface area contributed by atoms with Crippen molar-refractivity contribution in [2.75, 3.05) is 0 Å². The molecule has 0 aromatic heterocycles. The second kappa shape index (κ2) is 11.5. The summed E-state index contributed by atoms with van der Waals surface area (Å²) in [5.74, 6) is 1.12. The van der Waals surface area contributed by atoms with Crippen LogP contribution in [0.2, 0.25) is 0 Å². The second-order valence-corrected chi connectivity index (χ2v) is 11.7. The van der Waals surface area contributed by atoms with Crippen LogP contribution in [0.4, 0.5) is 5.69 Å². The number of benzene rings is 1. The van der Waals surface area contributed by atoms with E-state index in [9.17, 15) is 0 Å². The maximum Gasteiger partial charge on any atom is 0.0633 e. The van der Waals surface area contributed by atoms with E-state index in [4.69, 9.17) is 4.99 Å². The molecular weight excluding hydrogens is 466 g/mol. The number of aliphatic imine (C=N–C) groups is 1. The van der Waals surface area contributed by atoms with Gasteiger partial charge < -0.3 is 0 Å². The molecule has 0 bridgehead atoms. The highest BCUT2D eigenvalue weighted by Gasteiger charge is 2.29. The molecule has 3 atom stereocenters. The van der Waals surface area contributed by atoms with Crippen LogP contribution in [-0.2, 0) is 0 Å². The Morgan fingerprint density at radius 2 is 1.84 bits per heavy atom. The molecule has 0 N–H and O–H groups in total. The third-order valence-electron chi connectivity index (χ3n) is 7.80. The molecule has 5 aliphatic rings. The third-order valence-corrected chi connectivity index (χ3v) is 9.26. The summed E-state index contributed by atoms with van der Waals surface area (Å²) in [7, 11) is 0. The molecule has 1 aromatic carbocycles. The van der Waals surface area contributed by atoms with E-state index in [1.165, 1.54) is 45.7 Å². The first-order valence-electron chi connectivity index (χ1n) is 13.8. The fraction of sp³-hybridized carbons (Fsp3) is 0.286. The minimum Gasteiger partial charge on any atom is -0.253 e. The zero-order chi connectivity index (χ0) is 24.9. The fourth-order valence-corrected chi connectivity index (χ4v) is 7.04. The Bertz CT molecular complexity index is 1320. The van der Waals surface area contributed by atoms with Crippen molar-refractivity contribution >= 4 is 28.7 Å². The first-order chi connectivity index (χ1) is 18.3. The summed E-state index contributed by atoms with van der Waals surface area (Å²) in [6.45, 7) is 0. The van der Waals surface area contributed by atoms with Crippen LogP contribution in [-0.4, -0.2) is 11.0 Å². The van der Waals surface area contributed by atoms with Gasteiger partial charge in [0.1, 0.15) is 0 Å². The van der Waals surface area contributed by atoms with Gasteiger partial charge in [-0.3, -0.25) is 4.99 Å². The quantitative estimate of drug-likeness (QED) is 0.378. The molecule has 1 heterocycles. The van der Waals surface area contributed by atoms with E-state index < -0.39 is 0 Å². The molecule has 1 aromatic rings. The molecule has 3 unspecified atom stereocenters. The molecule has 37 heavy (non-hydrogen) atoms. The second-order valence-electron chi connectivity index (χ2n) is 10.5. The number of rotatable bonds is 6. The van der Waals surface area contributed by atoms with Crippen molar-refractivity contribution < 1.29 is 0 Å². The molecular formula is C35H35NS. The summed E-state index contributed by atoms with van der Waals surface area (Å²) in [6, 6.07) is 8.82. The summed E-state index contributed by atoms with van der Waals surface area (Å²) >= 11 is 2.05. The zero-order valence-corrected chi connectivity index (χ0v) is 22.2. The highest BCUT2D eigenvalue weighted by Crippen LogP contribution is 2.45. The first-order valence-corrected chi connectivity index (χ1v) is 14.7. The van der Waals surface area contributed by atoms with Gasteiger partial charge >= 0.3 is 0 Å². The van der Waals surface area contributed by atoms with Crippen LogP contribution in [0.5, 0.6) is 0 Å². The van der Waals surface area contributed by atoms with E-state index in [1.807, 2.05) is 11.8 Å². The Hall–Kier alpha value is -3.10. The Morgan fingerprint density at radius 1 is 0.919 bits per heavy atom. The Balaban J connectivity index is 1.04. The fourth-order valence-electron chi connectivity index (χ4n) is 5.62. The van der Waals surface area contributed by atoms with Crippen LogP contribution >= 0.6 is 11.8 Å². The highest BCUT2D eigenvalue weighted by molar-refractivity contribution is 8.04. The number of thioether (sulfide) groups is 1. The molecule has 2 heteroatoms. The minimum atomic E-state index is 0.547. The minimum absolute atomic E-state index is 0.547. The standard InChI is InChI=1S/C35H35NS/c1-2-7-26(8-3-1)9-6-10-27-13-15-28(16-14-27)29-17-21-32(22-18-29)36-33-23-19-30(20-24-33)35-25-31-11-4-5-12-34(31)37-35/h2,4-8,10-13,15,17-19,21-23,25,30-31,34H,1,3,9,14,16,20,24H2/b10-6+,36-33?. The van der Waals surface area contributed by atoms with E-state index in [0.29, 0.717) is 17.1 Å². The highest BCUT2D eigenvalue weighted by atomic mass is 32.2. The lowest BCUT2D eigenvalue weighted by atomic mass is 9.91. The van der Waals surface area contributed by atoms with Crippen LogP contribution in [0.15, 0.2) is 130 Å². The van der Waals surface area contributed by atoms with Gasteiger partial charge in [-0.1, -0.05) is 91.1 Å². The van der Waals surface area contributed by atoms with Crippen molar-refractivity contribution in [3.05, 3.63) is 131 Å². The summed E-state index contributed by atoms with van der Waals surface area (Å²) in [5.41, 5.74) is 7.85. The van der Waals surface area contributed by atoms with Crippen LogP contribution in [0.3, 0.4) is 0 Å². The Morgan fingerprint density at radius 3 is 2.59 bits per heavy atom. The largest absolute Gasteiger partial charge is 0.253 e. The molecule has 0 spiro atoms. The molecule has 0 saturated heterocycles. The molecule has 186 valence electrons. The molecule has 0 fully saturated rings. The monoisotopic (exact) mass is 501 g/mol. The van der Waals surface area contributed by atoms with Crippen molar-refractivity contribution in [3.63, 3.8) is 0 Å². The average molecular weight is 502 g/mol.